The number of halogens is 3. The van der Waals surface area contributed by atoms with Crippen molar-refractivity contribution in [2.45, 2.75) is 30.3 Å². The smallest absolute Gasteiger partial charge is 0.419 e. The standard InChI is InChI=1S/C19H17F3N4O4S2/c20-19(21,22)11-3-1-2-4-12(11)30-10-5-7-26(8-6-10)18-24-15-14(32-18)16(29)25-17(23-15)31-9-13(27)28/h1-4,10H,5-9H2,(H,27,28)(H,23,25,29). The number of anilines is 1. The van der Waals surface area contributed by atoms with Crippen molar-refractivity contribution in [3.63, 3.8) is 0 Å². The summed E-state index contributed by atoms with van der Waals surface area (Å²) in [6.07, 6.45) is -3.87. The number of hydrogen-bond acceptors (Lipinski definition) is 8. The maximum Gasteiger partial charge on any atom is 0.419 e. The summed E-state index contributed by atoms with van der Waals surface area (Å²) in [4.78, 5) is 36.1. The molecule has 0 aliphatic carbocycles. The molecular formula is C19H17F3N4O4S2. The number of thiazole rings is 1. The topological polar surface area (TPSA) is 108 Å². The molecule has 0 unspecified atom stereocenters. The number of benzene rings is 1. The summed E-state index contributed by atoms with van der Waals surface area (Å²) in [6, 6.07) is 5.15. The van der Waals surface area contributed by atoms with E-state index in [1.54, 1.807) is 0 Å². The molecule has 3 aromatic rings. The molecule has 170 valence electrons. The third-order valence-corrected chi connectivity index (χ3v) is 6.73. The zero-order chi connectivity index (χ0) is 22.9. The molecule has 0 atom stereocenters. The average molecular weight is 486 g/mol. The van der Waals surface area contributed by atoms with Crippen LogP contribution in [0.1, 0.15) is 18.4 Å². The predicted molar refractivity (Wildman–Crippen MR) is 114 cm³/mol. The van der Waals surface area contributed by atoms with Crippen LogP contribution in [0.5, 0.6) is 5.75 Å². The number of carbonyl (C=O) groups is 1. The Morgan fingerprint density at radius 3 is 2.69 bits per heavy atom. The fraction of sp³-hybridized carbons (Fsp3) is 0.368. The van der Waals surface area contributed by atoms with Crippen LogP contribution < -0.4 is 15.2 Å². The Kier molecular flexibility index (Phi) is 6.29. The summed E-state index contributed by atoms with van der Waals surface area (Å²) in [6.45, 7) is 0.994. The Labute approximate surface area is 187 Å². The molecule has 1 fully saturated rings. The van der Waals surface area contributed by atoms with Gasteiger partial charge in [0.05, 0.1) is 11.3 Å². The number of alkyl halides is 3. The molecule has 1 aliphatic rings. The van der Waals surface area contributed by atoms with Crippen molar-refractivity contribution in [2.75, 3.05) is 23.7 Å². The monoisotopic (exact) mass is 486 g/mol. The SMILES string of the molecule is O=C(O)CSc1nc2nc(N3CCC(Oc4ccccc4C(F)(F)F)CC3)sc2c(=O)[nH]1. The molecular weight excluding hydrogens is 469 g/mol. The second-order valence-corrected chi connectivity index (χ2v) is 8.94. The van der Waals surface area contributed by atoms with Crippen LogP contribution in [0.25, 0.3) is 10.3 Å². The molecule has 1 saturated heterocycles. The lowest BCUT2D eigenvalue weighted by Crippen LogP contribution is -2.38. The molecule has 13 heteroatoms. The molecule has 3 heterocycles. The number of aliphatic carboxylic acids is 1. The van der Waals surface area contributed by atoms with E-state index in [9.17, 15) is 22.8 Å². The maximum atomic E-state index is 13.2. The van der Waals surface area contributed by atoms with Gasteiger partial charge in [-0.3, -0.25) is 9.59 Å². The fourth-order valence-corrected chi connectivity index (χ4v) is 4.81. The van der Waals surface area contributed by atoms with E-state index >= 15 is 0 Å². The number of piperidine rings is 1. The first-order chi connectivity index (χ1) is 15.2. The highest BCUT2D eigenvalue weighted by Crippen LogP contribution is 2.37. The number of aromatic amines is 1. The van der Waals surface area contributed by atoms with Gasteiger partial charge in [0.15, 0.2) is 15.9 Å². The number of hydrogen-bond donors (Lipinski definition) is 2. The molecule has 0 radical (unpaired) electrons. The van der Waals surface area contributed by atoms with Crippen LogP contribution in [0.4, 0.5) is 18.3 Å². The number of H-pyrrole nitrogens is 1. The van der Waals surface area contributed by atoms with Crippen molar-refractivity contribution in [3.8, 4) is 5.75 Å². The first kappa shape index (κ1) is 22.4. The van der Waals surface area contributed by atoms with Crippen molar-refractivity contribution >= 4 is 44.5 Å². The van der Waals surface area contributed by atoms with E-state index in [4.69, 9.17) is 9.84 Å². The van der Waals surface area contributed by atoms with Crippen LogP contribution >= 0.6 is 23.1 Å². The van der Waals surface area contributed by atoms with E-state index in [1.165, 1.54) is 29.5 Å². The van der Waals surface area contributed by atoms with E-state index in [0.29, 0.717) is 35.8 Å². The Bertz CT molecular complexity index is 1190. The summed E-state index contributed by atoms with van der Waals surface area (Å²) in [5, 5.41) is 9.53. The second-order valence-electron chi connectivity index (χ2n) is 7.00. The van der Waals surface area contributed by atoms with Gasteiger partial charge in [0.2, 0.25) is 0 Å². The Balaban J connectivity index is 1.44. The number of carboxylic acid groups (broad SMARTS) is 1. The molecule has 0 bridgehead atoms. The highest BCUT2D eigenvalue weighted by molar-refractivity contribution is 7.99. The van der Waals surface area contributed by atoms with Crippen molar-refractivity contribution in [3.05, 3.63) is 40.2 Å². The quantitative estimate of drug-likeness (QED) is 0.402. The minimum atomic E-state index is -4.49. The number of carboxylic acids is 1. The number of nitrogens with one attached hydrogen (secondary N) is 1. The number of thioether (sulfide) groups is 1. The summed E-state index contributed by atoms with van der Waals surface area (Å²) in [5.41, 5.74) is -0.955. The van der Waals surface area contributed by atoms with Gasteiger partial charge < -0.3 is 19.7 Å². The van der Waals surface area contributed by atoms with Crippen molar-refractivity contribution in [1.82, 2.24) is 15.0 Å². The van der Waals surface area contributed by atoms with Gasteiger partial charge in [-0.15, -0.1) is 0 Å². The van der Waals surface area contributed by atoms with Gasteiger partial charge in [0.1, 0.15) is 16.6 Å². The Morgan fingerprint density at radius 1 is 1.28 bits per heavy atom. The van der Waals surface area contributed by atoms with Crippen LogP contribution in [0.15, 0.2) is 34.2 Å². The van der Waals surface area contributed by atoms with Crippen molar-refractivity contribution in [1.29, 1.82) is 0 Å². The number of fused-ring (bicyclic) bond motifs is 1. The zero-order valence-corrected chi connectivity index (χ0v) is 18.0. The van der Waals surface area contributed by atoms with Crippen molar-refractivity contribution in [2.24, 2.45) is 0 Å². The minimum absolute atomic E-state index is 0.178. The van der Waals surface area contributed by atoms with Gasteiger partial charge in [-0.05, 0) is 12.1 Å². The molecule has 0 amide bonds. The minimum Gasteiger partial charge on any atom is -0.490 e. The number of aromatic nitrogens is 3. The molecule has 0 saturated carbocycles. The summed E-state index contributed by atoms with van der Waals surface area (Å²) in [7, 11) is 0. The molecule has 2 aromatic heterocycles. The summed E-state index contributed by atoms with van der Waals surface area (Å²) >= 11 is 2.06. The van der Waals surface area contributed by atoms with Crippen molar-refractivity contribution < 1.29 is 27.8 Å². The first-order valence-electron chi connectivity index (χ1n) is 9.54. The lowest BCUT2D eigenvalue weighted by molar-refractivity contribution is -0.139. The van der Waals surface area contributed by atoms with Crippen LogP contribution in [0.2, 0.25) is 0 Å². The van der Waals surface area contributed by atoms with E-state index in [1.807, 2.05) is 4.90 Å². The lowest BCUT2D eigenvalue weighted by Gasteiger charge is -2.32. The summed E-state index contributed by atoms with van der Waals surface area (Å²) < 4.78 is 45.5. The zero-order valence-electron chi connectivity index (χ0n) is 16.4. The highest BCUT2D eigenvalue weighted by atomic mass is 32.2. The van der Waals surface area contributed by atoms with Gasteiger partial charge >= 0.3 is 12.1 Å². The van der Waals surface area contributed by atoms with E-state index in [0.717, 1.165) is 17.8 Å². The largest absolute Gasteiger partial charge is 0.490 e. The van der Waals surface area contributed by atoms with E-state index in [2.05, 4.69) is 15.0 Å². The van der Waals surface area contributed by atoms with E-state index < -0.39 is 23.3 Å². The molecule has 1 aromatic carbocycles. The maximum absolute atomic E-state index is 13.2. The normalized spacial score (nSPS) is 15.3. The Morgan fingerprint density at radius 2 is 2.00 bits per heavy atom. The predicted octanol–water partition coefficient (Wildman–Crippen LogP) is 3.62. The Hall–Kier alpha value is -2.80. The molecule has 32 heavy (non-hydrogen) atoms. The third kappa shape index (κ3) is 4.99. The lowest BCUT2D eigenvalue weighted by atomic mass is 10.1. The van der Waals surface area contributed by atoms with E-state index in [-0.39, 0.29) is 28.4 Å². The van der Waals surface area contributed by atoms with Crippen LogP contribution in [-0.2, 0) is 11.0 Å². The number of rotatable bonds is 6. The number of nitrogens with zero attached hydrogens (tertiary/aromatic N) is 3. The molecule has 2 N–H and O–H groups in total. The molecule has 1 aliphatic heterocycles. The second kappa shape index (κ2) is 8.98. The molecule has 0 spiro atoms. The molecule has 4 rings (SSSR count). The molecule has 8 nitrogen and oxygen atoms in total. The average Bonchev–Trinajstić information content (AvgIpc) is 3.17. The van der Waals surface area contributed by atoms with Crippen LogP contribution in [0, 0.1) is 0 Å². The number of para-hydroxylation sites is 1. The first-order valence-corrected chi connectivity index (χ1v) is 11.3. The number of ether oxygens (including phenoxy) is 1. The van der Waals surface area contributed by atoms with Gasteiger partial charge in [-0.25, -0.2) is 4.98 Å². The van der Waals surface area contributed by atoms with Gasteiger partial charge in [0, 0.05) is 25.9 Å². The van der Waals surface area contributed by atoms with Gasteiger partial charge in [-0.1, -0.05) is 35.2 Å². The van der Waals surface area contributed by atoms with Crippen LogP contribution in [0.3, 0.4) is 0 Å². The third-order valence-electron chi connectivity index (χ3n) is 4.76. The van der Waals surface area contributed by atoms with Gasteiger partial charge in [0.25, 0.3) is 5.56 Å². The fourth-order valence-electron chi connectivity index (χ4n) is 3.28. The van der Waals surface area contributed by atoms with Crippen LogP contribution in [-0.4, -0.2) is 51.0 Å². The summed E-state index contributed by atoms with van der Waals surface area (Å²) in [5.74, 6) is -1.45. The van der Waals surface area contributed by atoms with Gasteiger partial charge in [-0.2, -0.15) is 18.2 Å². The highest BCUT2D eigenvalue weighted by Gasteiger charge is 2.35.